The highest BCUT2D eigenvalue weighted by atomic mass is 35.5. The quantitative estimate of drug-likeness (QED) is 0.298. The summed E-state index contributed by atoms with van der Waals surface area (Å²) in [5.41, 5.74) is 5.84. The lowest BCUT2D eigenvalue weighted by Crippen LogP contribution is -2.39. The average Bonchev–Trinajstić information content (AvgIpc) is 3.36. The van der Waals surface area contributed by atoms with E-state index in [1.807, 2.05) is 43.0 Å². The Hall–Kier alpha value is -3.91. The van der Waals surface area contributed by atoms with Crippen molar-refractivity contribution in [2.24, 2.45) is 4.99 Å². The standard InChI is InChI=1S/C30H32ClN5O4/c1-18-14-22(26-9-10-27(30(38)39-5)36(26)33-18)23-15-20(31)6-11-29(23)40-13-12-35-19(2)32-25-8-7-21(34(3)4)16-24(25)28(35)17-37/h6,9-11,14-15,21H,7-8,12-13,16H2,1-5H3. The maximum atomic E-state index is 12.3. The van der Waals surface area contributed by atoms with E-state index in [0.29, 0.717) is 47.1 Å². The molecule has 0 saturated heterocycles. The number of carbonyl (C=O) groups is 1. The number of aliphatic imine (C=N–C) groups is 1. The summed E-state index contributed by atoms with van der Waals surface area (Å²) < 4.78 is 12.8. The van der Waals surface area contributed by atoms with Crippen molar-refractivity contribution in [3.8, 4) is 16.9 Å². The van der Waals surface area contributed by atoms with Gasteiger partial charge in [-0.25, -0.2) is 19.1 Å². The van der Waals surface area contributed by atoms with Gasteiger partial charge in [0.15, 0.2) is 11.6 Å². The van der Waals surface area contributed by atoms with Crippen molar-refractivity contribution in [1.29, 1.82) is 0 Å². The highest BCUT2D eigenvalue weighted by Crippen LogP contribution is 2.38. The summed E-state index contributed by atoms with van der Waals surface area (Å²) >= 11 is 6.42. The van der Waals surface area contributed by atoms with Gasteiger partial charge in [0.2, 0.25) is 0 Å². The molecule has 3 heterocycles. The van der Waals surface area contributed by atoms with Crippen LogP contribution < -0.4 is 4.74 Å². The summed E-state index contributed by atoms with van der Waals surface area (Å²) in [6, 6.07) is 11.2. The monoisotopic (exact) mass is 561 g/mol. The van der Waals surface area contributed by atoms with Gasteiger partial charge in [0.1, 0.15) is 23.9 Å². The number of methoxy groups -OCH3 is 1. The molecule has 3 aromatic rings. The third-order valence-electron chi connectivity index (χ3n) is 7.51. The summed E-state index contributed by atoms with van der Waals surface area (Å²) in [5.74, 6) is 3.10. The van der Waals surface area contributed by atoms with Crippen LogP contribution in [0.3, 0.4) is 0 Å². The highest BCUT2D eigenvalue weighted by molar-refractivity contribution is 6.31. The van der Waals surface area contributed by atoms with Crippen molar-refractivity contribution >= 4 is 34.9 Å². The lowest BCUT2D eigenvalue weighted by atomic mass is 9.88. The van der Waals surface area contributed by atoms with Gasteiger partial charge in [-0.1, -0.05) is 11.6 Å². The fourth-order valence-corrected chi connectivity index (χ4v) is 5.62. The Balaban J connectivity index is 1.41. The van der Waals surface area contributed by atoms with E-state index in [2.05, 4.69) is 30.0 Å². The Kier molecular flexibility index (Phi) is 7.81. The van der Waals surface area contributed by atoms with E-state index in [1.54, 1.807) is 16.6 Å². The van der Waals surface area contributed by atoms with Crippen molar-refractivity contribution in [3.63, 3.8) is 0 Å². The van der Waals surface area contributed by atoms with Gasteiger partial charge in [-0.3, -0.25) is 0 Å². The van der Waals surface area contributed by atoms with Gasteiger partial charge in [-0.05, 0) is 83.6 Å². The Morgan fingerprint density at radius 3 is 2.70 bits per heavy atom. The maximum absolute atomic E-state index is 12.3. The van der Waals surface area contributed by atoms with Gasteiger partial charge in [-0.15, -0.1) is 0 Å². The molecule has 10 heteroatoms. The maximum Gasteiger partial charge on any atom is 0.356 e. The van der Waals surface area contributed by atoms with Crippen molar-refractivity contribution in [1.82, 2.24) is 19.4 Å². The van der Waals surface area contributed by atoms with Gasteiger partial charge in [0.25, 0.3) is 0 Å². The molecule has 5 rings (SSSR count). The average molecular weight is 562 g/mol. The molecule has 1 aliphatic heterocycles. The summed E-state index contributed by atoms with van der Waals surface area (Å²) in [6.45, 7) is 4.49. The first-order valence-corrected chi connectivity index (χ1v) is 13.6. The number of fused-ring (bicyclic) bond motifs is 1. The van der Waals surface area contributed by atoms with Gasteiger partial charge in [0.05, 0.1) is 24.9 Å². The molecule has 0 amide bonds. The fourth-order valence-electron chi connectivity index (χ4n) is 5.45. The van der Waals surface area contributed by atoms with E-state index in [4.69, 9.17) is 26.1 Å². The molecule has 2 aromatic heterocycles. The van der Waals surface area contributed by atoms with Crippen LogP contribution in [0.4, 0.5) is 0 Å². The van der Waals surface area contributed by atoms with Crippen molar-refractivity contribution in [3.05, 3.63) is 69.8 Å². The number of nitrogens with zero attached hydrogens (tertiary/aromatic N) is 5. The second kappa shape index (κ2) is 11.3. The molecule has 1 aromatic carbocycles. The molecule has 0 spiro atoms. The second-order valence-corrected chi connectivity index (χ2v) is 10.7. The minimum atomic E-state index is -0.475. The SMILES string of the molecule is COC(=O)c1ccc2c(-c3cc(Cl)ccc3OCCN3C(=C=O)C4=C(CCC(N(C)C)C4)N=C3C)cc(C)nn12. The second-order valence-electron chi connectivity index (χ2n) is 10.2. The molecule has 9 nitrogen and oxygen atoms in total. The number of amidine groups is 1. The molecule has 208 valence electrons. The first-order valence-electron chi connectivity index (χ1n) is 13.2. The first kappa shape index (κ1) is 27.6. The Bertz CT molecular complexity index is 1600. The van der Waals surface area contributed by atoms with Crippen LogP contribution in [0.2, 0.25) is 5.02 Å². The molecule has 40 heavy (non-hydrogen) atoms. The number of rotatable bonds is 7. The summed E-state index contributed by atoms with van der Waals surface area (Å²) in [6.07, 6.45) is 2.63. The number of aryl methyl sites for hydroxylation is 1. The van der Waals surface area contributed by atoms with E-state index in [1.165, 1.54) is 7.11 Å². The van der Waals surface area contributed by atoms with Crippen molar-refractivity contribution < 1.29 is 19.1 Å². The van der Waals surface area contributed by atoms with Crippen LogP contribution in [0.5, 0.6) is 5.75 Å². The zero-order valence-electron chi connectivity index (χ0n) is 23.3. The van der Waals surface area contributed by atoms with Crippen LogP contribution in [0.1, 0.15) is 42.4 Å². The number of ether oxygens (including phenoxy) is 2. The molecule has 0 bridgehead atoms. The Morgan fingerprint density at radius 2 is 1.98 bits per heavy atom. The Morgan fingerprint density at radius 1 is 1.18 bits per heavy atom. The summed E-state index contributed by atoms with van der Waals surface area (Å²) in [5, 5.41) is 5.07. The highest BCUT2D eigenvalue weighted by Gasteiger charge is 2.32. The normalized spacial score (nSPS) is 17.2. The van der Waals surface area contributed by atoms with Crippen LogP contribution in [-0.2, 0) is 9.53 Å². The van der Waals surface area contributed by atoms with E-state index in [9.17, 15) is 9.59 Å². The predicted octanol–water partition coefficient (Wildman–Crippen LogP) is 4.95. The van der Waals surface area contributed by atoms with Crippen LogP contribution >= 0.6 is 11.6 Å². The molecule has 1 aliphatic carbocycles. The Labute approximate surface area is 238 Å². The number of carbonyl (C=O) groups excluding carboxylic acids is 2. The summed E-state index contributed by atoms with van der Waals surface area (Å²) in [4.78, 5) is 33.4. The van der Waals surface area contributed by atoms with Crippen LogP contribution in [0, 0.1) is 6.92 Å². The lowest BCUT2D eigenvalue weighted by Gasteiger charge is -2.37. The molecule has 0 fully saturated rings. The minimum absolute atomic E-state index is 0.293. The van der Waals surface area contributed by atoms with E-state index in [-0.39, 0.29) is 0 Å². The number of esters is 1. The van der Waals surface area contributed by atoms with Gasteiger partial charge in [0, 0.05) is 33.5 Å². The zero-order valence-corrected chi connectivity index (χ0v) is 24.1. The first-order chi connectivity index (χ1) is 19.2. The van der Waals surface area contributed by atoms with Gasteiger partial charge >= 0.3 is 5.97 Å². The molecular weight excluding hydrogens is 530 g/mol. The van der Waals surface area contributed by atoms with Crippen LogP contribution in [0.25, 0.3) is 16.6 Å². The van der Waals surface area contributed by atoms with Gasteiger partial charge in [-0.2, -0.15) is 5.10 Å². The number of hydrogen-bond acceptors (Lipinski definition) is 8. The number of benzene rings is 1. The summed E-state index contributed by atoms with van der Waals surface area (Å²) in [7, 11) is 5.47. The predicted molar refractivity (Wildman–Crippen MR) is 155 cm³/mol. The topological polar surface area (TPSA) is 88.7 Å². The number of aromatic nitrogens is 2. The fraction of sp³-hybridized carbons (Fsp3) is 0.367. The van der Waals surface area contributed by atoms with E-state index < -0.39 is 5.97 Å². The number of hydrogen-bond donors (Lipinski definition) is 0. The zero-order chi connectivity index (χ0) is 28.6. The van der Waals surface area contributed by atoms with E-state index >= 15 is 0 Å². The minimum Gasteiger partial charge on any atom is -0.491 e. The third-order valence-corrected chi connectivity index (χ3v) is 7.75. The number of allylic oxidation sites excluding steroid dienone is 2. The molecular formula is C30H32ClN5O4. The molecule has 2 aliphatic rings. The molecule has 0 radical (unpaired) electrons. The molecule has 1 unspecified atom stereocenters. The third kappa shape index (κ3) is 5.16. The van der Waals surface area contributed by atoms with Gasteiger partial charge < -0.3 is 19.3 Å². The van der Waals surface area contributed by atoms with E-state index in [0.717, 1.165) is 53.0 Å². The molecule has 1 atom stereocenters. The van der Waals surface area contributed by atoms with Crippen molar-refractivity contribution in [2.75, 3.05) is 34.4 Å². The van der Waals surface area contributed by atoms with Crippen LogP contribution in [0.15, 0.2) is 58.4 Å². The van der Waals surface area contributed by atoms with Crippen LogP contribution in [-0.4, -0.2) is 77.6 Å². The smallest absolute Gasteiger partial charge is 0.356 e. The lowest BCUT2D eigenvalue weighted by molar-refractivity contribution is 0.0591. The van der Waals surface area contributed by atoms with Crippen molar-refractivity contribution in [2.45, 2.75) is 39.2 Å². The largest absolute Gasteiger partial charge is 0.491 e. The number of halogens is 1. The molecule has 0 saturated carbocycles. The molecule has 0 N–H and O–H groups in total.